The van der Waals surface area contributed by atoms with Gasteiger partial charge in [0, 0.05) is 20.1 Å². The van der Waals surface area contributed by atoms with Crippen LogP contribution in [0.5, 0.6) is 0 Å². The number of ether oxygens (including phenoxy) is 1. The van der Waals surface area contributed by atoms with Crippen molar-refractivity contribution in [2.45, 2.75) is 31.7 Å². The molecule has 16 heavy (non-hydrogen) atoms. The van der Waals surface area contributed by atoms with E-state index in [2.05, 4.69) is 5.32 Å². The van der Waals surface area contributed by atoms with Crippen molar-refractivity contribution in [3.8, 4) is 0 Å². The Bertz CT molecular complexity index is 233. The predicted octanol–water partition coefficient (Wildman–Crippen LogP) is 0.623. The number of carbonyl (C=O) groups excluding carboxylic acids is 1. The number of nitrogens with zero attached hydrogens (tertiary/aromatic N) is 1. The highest BCUT2D eigenvalue weighted by Gasteiger charge is 2.26. The van der Waals surface area contributed by atoms with E-state index in [4.69, 9.17) is 4.74 Å². The van der Waals surface area contributed by atoms with Gasteiger partial charge in [0.15, 0.2) is 0 Å². The van der Waals surface area contributed by atoms with Crippen molar-refractivity contribution in [1.29, 1.82) is 0 Å². The molecule has 2 rings (SSSR count). The van der Waals surface area contributed by atoms with Crippen LogP contribution in [0.1, 0.15) is 25.7 Å². The summed E-state index contributed by atoms with van der Waals surface area (Å²) < 4.78 is 5.31. The van der Waals surface area contributed by atoms with E-state index >= 15 is 0 Å². The van der Waals surface area contributed by atoms with Gasteiger partial charge in [-0.1, -0.05) is 0 Å². The van der Waals surface area contributed by atoms with Gasteiger partial charge in [-0.3, -0.25) is 4.79 Å². The Balaban J connectivity index is 1.77. The van der Waals surface area contributed by atoms with Gasteiger partial charge in [-0.15, -0.1) is 0 Å². The average molecular weight is 226 g/mol. The maximum atomic E-state index is 12.0. The van der Waals surface area contributed by atoms with E-state index in [1.165, 1.54) is 12.8 Å². The molecule has 2 aliphatic heterocycles. The van der Waals surface area contributed by atoms with Crippen LogP contribution in [0.25, 0.3) is 0 Å². The third-order valence-electron chi connectivity index (χ3n) is 3.71. The zero-order valence-corrected chi connectivity index (χ0v) is 10.1. The molecule has 0 bridgehead atoms. The minimum Gasteiger partial charge on any atom is -0.379 e. The van der Waals surface area contributed by atoms with Gasteiger partial charge >= 0.3 is 0 Å². The Morgan fingerprint density at radius 1 is 1.50 bits per heavy atom. The molecule has 1 N–H and O–H groups in total. The fourth-order valence-electron chi connectivity index (χ4n) is 2.52. The number of piperidine rings is 1. The van der Waals surface area contributed by atoms with E-state index < -0.39 is 0 Å². The molecule has 2 atom stereocenters. The summed E-state index contributed by atoms with van der Waals surface area (Å²) in [4.78, 5) is 13.9. The number of amides is 1. The van der Waals surface area contributed by atoms with Crippen molar-refractivity contribution >= 4 is 5.91 Å². The van der Waals surface area contributed by atoms with Gasteiger partial charge in [0.25, 0.3) is 0 Å². The van der Waals surface area contributed by atoms with Crippen molar-refractivity contribution in [1.82, 2.24) is 10.2 Å². The molecular weight excluding hydrogens is 204 g/mol. The lowest BCUT2D eigenvalue weighted by Gasteiger charge is -2.27. The maximum Gasteiger partial charge on any atom is 0.222 e. The lowest BCUT2D eigenvalue weighted by molar-refractivity contribution is -0.133. The van der Waals surface area contributed by atoms with Crippen molar-refractivity contribution in [2.75, 3.05) is 33.4 Å². The summed E-state index contributed by atoms with van der Waals surface area (Å²) in [6.07, 6.45) is 4.08. The molecule has 2 aliphatic rings. The molecule has 0 saturated carbocycles. The van der Waals surface area contributed by atoms with Crippen LogP contribution in [-0.2, 0) is 9.53 Å². The first-order valence-electron chi connectivity index (χ1n) is 6.31. The monoisotopic (exact) mass is 226 g/mol. The number of carbonyl (C=O) groups is 1. The Labute approximate surface area is 97.3 Å². The SMILES string of the molecule is CN(C(=O)CC1CCCNC1)C1CCOC1. The number of rotatable bonds is 3. The maximum absolute atomic E-state index is 12.0. The van der Waals surface area contributed by atoms with Gasteiger partial charge in [0.05, 0.1) is 12.6 Å². The van der Waals surface area contributed by atoms with E-state index in [9.17, 15) is 4.79 Å². The van der Waals surface area contributed by atoms with Gasteiger partial charge in [0.2, 0.25) is 5.91 Å². The van der Waals surface area contributed by atoms with E-state index in [1.807, 2.05) is 11.9 Å². The minimum atomic E-state index is 0.282. The van der Waals surface area contributed by atoms with Crippen molar-refractivity contribution in [3.63, 3.8) is 0 Å². The summed E-state index contributed by atoms with van der Waals surface area (Å²) in [6, 6.07) is 0.309. The third-order valence-corrected chi connectivity index (χ3v) is 3.71. The van der Waals surface area contributed by atoms with E-state index in [0.717, 1.165) is 26.1 Å². The van der Waals surface area contributed by atoms with Crippen LogP contribution < -0.4 is 5.32 Å². The fourth-order valence-corrected chi connectivity index (χ4v) is 2.52. The summed E-state index contributed by atoms with van der Waals surface area (Å²) in [5, 5.41) is 3.35. The summed E-state index contributed by atoms with van der Waals surface area (Å²) in [6.45, 7) is 3.62. The number of likely N-dealkylation sites (N-methyl/N-ethyl adjacent to an activating group) is 1. The highest BCUT2D eigenvalue weighted by atomic mass is 16.5. The zero-order valence-electron chi connectivity index (χ0n) is 10.1. The van der Waals surface area contributed by atoms with Gasteiger partial charge < -0.3 is 15.0 Å². The number of hydrogen-bond acceptors (Lipinski definition) is 3. The molecule has 4 heteroatoms. The predicted molar refractivity (Wildman–Crippen MR) is 62.2 cm³/mol. The molecule has 4 nitrogen and oxygen atoms in total. The summed E-state index contributed by atoms with van der Waals surface area (Å²) >= 11 is 0. The first-order chi connectivity index (χ1) is 7.77. The Morgan fingerprint density at radius 2 is 2.38 bits per heavy atom. The van der Waals surface area contributed by atoms with Crippen LogP contribution in [0.4, 0.5) is 0 Å². The van der Waals surface area contributed by atoms with E-state index in [1.54, 1.807) is 0 Å². The molecule has 0 aromatic rings. The Kier molecular flexibility index (Phi) is 4.18. The normalized spacial score (nSPS) is 30.3. The summed E-state index contributed by atoms with van der Waals surface area (Å²) in [5.41, 5.74) is 0. The zero-order chi connectivity index (χ0) is 11.4. The first kappa shape index (κ1) is 11.9. The van der Waals surface area contributed by atoms with Crippen molar-refractivity contribution in [3.05, 3.63) is 0 Å². The second kappa shape index (κ2) is 5.64. The molecule has 2 saturated heterocycles. The smallest absolute Gasteiger partial charge is 0.222 e. The summed E-state index contributed by atoms with van der Waals surface area (Å²) in [5.74, 6) is 0.815. The van der Waals surface area contributed by atoms with E-state index in [0.29, 0.717) is 25.0 Å². The van der Waals surface area contributed by atoms with E-state index in [-0.39, 0.29) is 5.91 Å². The van der Waals surface area contributed by atoms with Crippen LogP contribution in [0.3, 0.4) is 0 Å². The standard InChI is InChI=1S/C12H22N2O2/c1-14(11-4-6-16-9-11)12(15)7-10-3-2-5-13-8-10/h10-11,13H,2-9H2,1H3. The highest BCUT2D eigenvalue weighted by molar-refractivity contribution is 5.76. The molecule has 0 radical (unpaired) electrons. The number of hydrogen-bond donors (Lipinski definition) is 1. The van der Waals surface area contributed by atoms with Gasteiger partial charge in [0.1, 0.15) is 0 Å². The molecule has 2 unspecified atom stereocenters. The third kappa shape index (κ3) is 2.95. The topological polar surface area (TPSA) is 41.6 Å². The minimum absolute atomic E-state index is 0.282. The first-order valence-corrected chi connectivity index (χ1v) is 6.31. The highest BCUT2D eigenvalue weighted by Crippen LogP contribution is 2.18. The lowest BCUT2D eigenvalue weighted by atomic mass is 9.95. The van der Waals surface area contributed by atoms with Crippen molar-refractivity contribution < 1.29 is 9.53 Å². The molecule has 0 aliphatic carbocycles. The second-order valence-corrected chi connectivity index (χ2v) is 4.94. The largest absolute Gasteiger partial charge is 0.379 e. The van der Waals surface area contributed by atoms with Gasteiger partial charge in [-0.25, -0.2) is 0 Å². The van der Waals surface area contributed by atoms with Crippen LogP contribution in [0.2, 0.25) is 0 Å². The van der Waals surface area contributed by atoms with Crippen LogP contribution in [0.15, 0.2) is 0 Å². The quantitative estimate of drug-likeness (QED) is 0.767. The van der Waals surface area contributed by atoms with Crippen LogP contribution in [-0.4, -0.2) is 50.2 Å². The van der Waals surface area contributed by atoms with Crippen molar-refractivity contribution in [2.24, 2.45) is 5.92 Å². The van der Waals surface area contributed by atoms with Gasteiger partial charge in [-0.05, 0) is 38.3 Å². The lowest BCUT2D eigenvalue weighted by Crippen LogP contribution is -2.40. The Morgan fingerprint density at radius 3 is 3.00 bits per heavy atom. The molecule has 0 aromatic carbocycles. The molecule has 92 valence electrons. The molecule has 2 fully saturated rings. The number of nitrogens with one attached hydrogen (secondary N) is 1. The molecule has 0 spiro atoms. The second-order valence-electron chi connectivity index (χ2n) is 4.94. The average Bonchev–Trinajstić information content (AvgIpc) is 2.83. The fraction of sp³-hybridized carbons (Fsp3) is 0.917. The Hall–Kier alpha value is -0.610. The van der Waals surface area contributed by atoms with Gasteiger partial charge in [-0.2, -0.15) is 0 Å². The molecule has 0 aromatic heterocycles. The molecular formula is C12H22N2O2. The summed E-state index contributed by atoms with van der Waals surface area (Å²) in [7, 11) is 1.91. The molecule has 1 amide bonds. The van der Waals surface area contributed by atoms with Crippen LogP contribution >= 0.6 is 0 Å². The molecule has 2 heterocycles. The van der Waals surface area contributed by atoms with Crippen LogP contribution in [0, 0.1) is 5.92 Å².